The molecule has 4 rings (SSSR count). The average molecular weight is 491 g/mol. The van der Waals surface area contributed by atoms with Crippen molar-refractivity contribution >= 4 is 51.3 Å². The Hall–Kier alpha value is -2.17. The summed E-state index contributed by atoms with van der Waals surface area (Å²) in [5.41, 5.74) is 2.61. The van der Waals surface area contributed by atoms with Gasteiger partial charge >= 0.3 is 5.97 Å². The number of hydrogen-bond acceptors (Lipinski definition) is 8. The molecule has 0 bridgehead atoms. The van der Waals surface area contributed by atoms with Gasteiger partial charge in [-0.15, -0.1) is 32.9 Å². The second kappa shape index (κ2) is 10.2. The molecule has 32 heavy (non-hydrogen) atoms. The van der Waals surface area contributed by atoms with Crippen LogP contribution in [0.4, 0.5) is 5.00 Å². The highest BCUT2D eigenvalue weighted by Crippen LogP contribution is 2.38. The first-order valence-electron chi connectivity index (χ1n) is 10.6. The second-order valence-electron chi connectivity index (χ2n) is 7.66. The number of thiophene rings is 2. The summed E-state index contributed by atoms with van der Waals surface area (Å²) in [5.74, 6) is 0.415. The van der Waals surface area contributed by atoms with Gasteiger partial charge in [0.25, 0.3) is 0 Å². The molecule has 0 spiro atoms. The van der Waals surface area contributed by atoms with Crippen molar-refractivity contribution in [2.45, 2.75) is 50.6 Å². The number of esters is 1. The molecule has 1 N–H and O–H groups in total. The molecular weight excluding hydrogens is 464 g/mol. The number of fused-ring (bicyclic) bond motifs is 1. The van der Waals surface area contributed by atoms with E-state index in [0.29, 0.717) is 15.7 Å². The van der Waals surface area contributed by atoms with Crippen LogP contribution in [-0.2, 0) is 35.8 Å². The van der Waals surface area contributed by atoms with Crippen LogP contribution in [0.15, 0.2) is 16.6 Å². The Morgan fingerprint density at radius 3 is 2.88 bits per heavy atom. The number of rotatable bonds is 8. The van der Waals surface area contributed by atoms with Gasteiger partial charge in [0.1, 0.15) is 5.00 Å². The fraction of sp³-hybridized carbons (Fsp3) is 0.455. The van der Waals surface area contributed by atoms with Crippen LogP contribution >= 0.6 is 34.4 Å². The normalized spacial score (nSPS) is 13.1. The molecule has 0 saturated carbocycles. The zero-order chi connectivity index (χ0) is 22.7. The Labute approximate surface area is 199 Å². The fourth-order valence-corrected chi connectivity index (χ4v) is 6.81. The molecule has 3 aromatic rings. The minimum Gasteiger partial charge on any atom is -0.465 e. The molecule has 3 aromatic heterocycles. The summed E-state index contributed by atoms with van der Waals surface area (Å²) in [6.45, 7) is 2.17. The highest BCUT2D eigenvalue weighted by molar-refractivity contribution is 7.99. The van der Waals surface area contributed by atoms with Gasteiger partial charge in [0, 0.05) is 27.7 Å². The molecule has 0 fully saturated rings. The maximum absolute atomic E-state index is 12.7. The van der Waals surface area contributed by atoms with Crippen molar-refractivity contribution in [1.29, 1.82) is 0 Å². The third kappa shape index (κ3) is 4.77. The summed E-state index contributed by atoms with van der Waals surface area (Å²) in [7, 11) is 3.29. The molecule has 170 valence electrons. The topological polar surface area (TPSA) is 86.1 Å². The monoisotopic (exact) mass is 490 g/mol. The van der Waals surface area contributed by atoms with Crippen molar-refractivity contribution in [3.63, 3.8) is 0 Å². The number of anilines is 1. The Morgan fingerprint density at radius 1 is 1.28 bits per heavy atom. The van der Waals surface area contributed by atoms with E-state index in [9.17, 15) is 9.59 Å². The first kappa shape index (κ1) is 23.0. The fourth-order valence-electron chi connectivity index (χ4n) is 3.83. The zero-order valence-electron chi connectivity index (χ0n) is 18.4. The van der Waals surface area contributed by atoms with Crippen molar-refractivity contribution in [2.24, 2.45) is 7.05 Å². The number of nitrogens with one attached hydrogen (secondary N) is 1. The van der Waals surface area contributed by atoms with Gasteiger partial charge in [-0.1, -0.05) is 25.1 Å². The molecule has 1 aliphatic carbocycles. The Kier molecular flexibility index (Phi) is 7.32. The first-order valence-corrected chi connectivity index (χ1v) is 13.3. The molecule has 7 nitrogen and oxygen atoms in total. The van der Waals surface area contributed by atoms with E-state index in [1.54, 1.807) is 11.3 Å². The summed E-state index contributed by atoms with van der Waals surface area (Å²) in [6, 6.07) is 2.16. The molecule has 3 heterocycles. The molecule has 10 heteroatoms. The van der Waals surface area contributed by atoms with Crippen LogP contribution in [0, 0.1) is 0 Å². The third-order valence-corrected chi connectivity index (χ3v) is 8.61. The number of ether oxygens (including phenoxy) is 1. The predicted octanol–water partition coefficient (Wildman–Crippen LogP) is 4.95. The zero-order valence-corrected chi connectivity index (χ0v) is 20.8. The Morgan fingerprint density at radius 2 is 2.09 bits per heavy atom. The van der Waals surface area contributed by atoms with Crippen LogP contribution in [0.3, 0.4) is 0 Å². The highest BCUT2D eigenvalue weighted by atomic mass is 32.2. The van der Waals surface area contributed by atoms with E-state index in [-0.39, 0.29) is 17.6 Å². The van der Waals surface area contributed by atoms with Crippen LogP contribution in [-0.4, -0.2) is 39.5 Å². The van der Waals surface area contributed by atoms with Gasteiger partial charge in [-0.2, -0.15) is 0 Å². The number of nitrogens with zero attached hydrogens (tertiary/aromatic N) is 3. The second-order valence-corrected chi connectivity index (χ2v) is 10.7. The molecule has 0 atom stereocenters. The van der Waals surface area contributed by atoms with Crippen molar-refractivity contribution < 1.29 is 14.3 Å². The van der Waals surface area contributed by atoms with Crippen molar-refractivity contribution in [1.82, 2.24) is 14.8 Å². The highest BCUT2D eigenvalue weighted by Gasteiger charge is 2.27. The lowest BCUT2D eigenvalue weighted by molar-refractivity contribution is -0.113. The van der Waals surface area contributed by atoms with Crippen molar-refractivity contribution in [3.8, 4) is 11.4 Å². The summed E-state index contributed by atoms with van der Waals surface area (Å²) in [4.78, 5) is 27.6. The van der Waals surface area contributed by atoms with E-state index in [2.05, 4.69) is 33.9 Å². The van der Waals surface area contributed by atoms with Gasteiger partial charge in [0.2, 0.25) is 5.91 Å². The summed E-state index contributed by atoms with van der Waals surface area (Å²) in [6.07, 6.45) is 6.12. The van der Waals surface area contributed by atoms with E-state index in [1.165, 1.54) is 40.0 Å². The quantitative estimate of drug-likeness (QED) is 0.355. The number of thioether (sulfide) groups is 1. The number of methoxy groups -OCH3 is 1. The number of carbonyl (C=O) groups excluding carboxylic acids is 2. The number of hydrogen-bond donors (Lipinski definition) is 1. The van der Waals surface area contributed by atoms with Crippen molar-refractivity contribution in [2.75, 3.05) is 18.2 Å². The van der Waals surface area contributed by atoms with Crippen LogP contribution in [0.1, 0.15) is 51.9 Å². The van der Waals surface area contributed by atoms with E-state index in [4.69, 9.17) is 4.74 Å². The lowest BCUT2D eigenvalue weighted by Crippen LogP contribution is -2.16. The Bertz CT molecular complexity index is 1130. The van der Waals surface area contributed by atoms with Gasteiger partial charge in [-0.05, 0) is 43.7 Å². The third-order valence-electron chi connectivity index (χ3n) is 5.39. The van der Waals surface area contributed by atoms with Crippen molar-refractivity contribution in [3.05, 3.63) is 32.3 Å². The van der Waals surface area contributed by atoms with E-state index in [0.717, 1.165) is 55.5 Å². The minimum atomic E-state index is -0.386. The van der Waals surface area contributed by atoms with Crippen LogP contribution in [0.2, 0.25) is 0 Å². The molecule has 0 unspecified atom stereocenters. The minimum absolute atomic E-state index is 0.177. The maximum atomic E-state index is 12.7. The summed E-state index contributed by atoms with van der Waals surface area (Å²) in [5, 5.41) is 14.9. The standard InChI is InChI=1S/C22H26N4O3S3/c1-4-7-14-10-13(11-30-14)19-24-25-22(26(19)2)31-12-17(27)23-20-18(21(28)29-3)15-8-5-6-9-16(15)32-20/h10-11H,4-9,12H2,1-3H3,(H,23,27). The molecule has 0 saturated heterocycles. The molecule has 1 amide bonds. The molecule has 0 radical (unpaired) electrons. The molecule has 0 aromatic carbocycles. The van der Waals surface area contributed by atoms with Gasteiger partial charge < -0.3 is 14.6 Å². The van der Waals surface area contributed by atoms with Crippen LogP contribution in [0.5, 0.6) is 0 Å². The van der Waals surface area contributed by atoms with E-state index >= 15 is 0 Å². The number of carbonyl (C=O) groups is 2. The SMILES string of the molecule is CCCc1cc(-c2nnc(SCC(=O)Nc3sc4c(c3C(=O)OC)CCCC4)n2C)cs1. The smallest absolute Gasteiger partial charge is 0.341 e. The maximum Gasteiger partial charge on any atom is 0.341 e. The van der Waals surface area contributed by atoms with E-state index in [1.807, 2.05) is 11.6 Å². The number of aryl methyl sites for hydroxylation is 2. The van der Waals surface area contributed by atoms with Crippen LogP contribution < -0.4 is 5.32 Å². The first-order chi connectivity index (χ1) is 15.5. The van der Waals surface area contributed by atoms with Crippen LogP contribution in [0.25, 0.3) is 11.4 Å². The predicted molar refractivity (Wildman–Crippen MR) is 130 cm³/mol. The molecule has 1 aliphatic rings. The summed E-state index contributed by atoms with van der Waals surface area (Å²) < 4.78 is 6.90. The number of aromatic nitrogens is 3. The lowest BCUT2D eigenvalue weighted by atomic mass is 9.95. The summed E-state index contributed by atoms with van der Waals surface area (Å²) >= 11 is 4.56. The van der Waals surface area contributed by atoms with Gasteiger partial charge in [0.15, 0.2) is 11.0 Å². The molecule has 0 aliphatic heterocycles. The largest absolute Gasteiger partial charge is 0.465 e. The number of amides is 1. The Balaban J connectivity index is 1.43. The average Bonchev–Trinajstić information content (AvgIpc) is 3.49. The van der Waals surface area contributed by atoms with Gasteiger partial charge in [0.05, 0.1) is 18.4 Å². The van der Waals surface area contributed by atoms with E-state index < -0.39 is 0 Å². The van der Waals surface area contributed by atoms with Gasteiger partial charge in [-0.3, -0.25) is 4.79 Å². The van der Waals surface area contributed by atoms with Gasteiger partial charge in [-0.25, -0.2) is 4.79 Å². The molecular formula is C22H26N4O3S3. The lowest BCUT2D eigenvalue weighted by Gasteiger charge is -2.11.